The second kappa shape index (κ2) is 4.82. The Kier molecular flexibility index (Phi) is 2.82. The lowest BCUT2D eigenvalue weighted by molar-refractivity contribution is 0.404. The number of nitrogens with zero attached hydrogens (tertiary/aromatic N) is 5. The minimum atomic E-state index is -0.0896. The maximum absolute atomic E-state index is 5.93. The molecule has 0 spiro atoms. The fourth-order valence-electron chi connectivity index (χ4n) is 2.43. The Balaban J connectivity index is 1.79. The Morgan fingerprint density at radius 1 is 1.19 bits per heavy atom. The first-order chi connectivity index (χ1) is 10.3. The Morgan fingerprint density at radius 2 is 2.05 bits per heavy atom. The maximum Gasteiger partial charge on any atom is 0.270 e. The Bertz CT molecular complexity index is 791. The Labute approximate surface area is 125 Å². The summed E-state index contributed by atoms with van der Waals surface area (Å²) in [6.07, 6.45) is 2.31. The van der Waals surface area contributed by atoms with Crippen molar-refractivity contribution in [2.45, 2.75) is 12.5 Å². The third-order valence-electron chi connectivity index (χ3n) is 3.44. The van der Waals surface area contributed by atoms with Crippen LogP contribution in [0.1, 0.15) is 23.8 Å². The van der Waals surface area contributed by atoms with Crippen molar-refractivity contribution in [3.05, 3.63) is 59.0 Å². The van der Waals surface area contributed by atoms with Crippen LogP contribution >= 0.6 is 11.6 Å². The van der Waals surface area contributed by atoms with Gasteiger partial charge in [0.2, 0.25) is 0 Å². The number of fused-ring (bicyclic) bond motifs is 1. The van der Waals surface area contributed by atoms with E-state index in [0.717, 1.165) is 17.0 Å². The number of halogens is 1. The molecule has 21 heavy (non-hydrogen) atoms. The van der Waals surface area contributed by atoms with E-state index in [4.69, 9.17) is 16.0 Å². The predicted molar refractivity (Wildman–Crippen MR) is 76.9 cm³/mol. The second-order valence-corrected chi connectivity index (χ2v) is 5.16. The standard InChI is InChI=1S/C14H10ClN5O/c15-10-5-3-9(4-6-10)11-8-12(13-2-1-7-21-13)20-14(16-11)17-18-19-20/h1-7,12H,8H2. The number of rotatable bonds is 2. The van der Waals surface area contributed by atoms with Crippen molar-refractivity contribution < 1.29 is 4.42 Å². The summed E-state index contributed by atoms with van der Waals surface area (Å²) in [4.78, 5) is 4.52. The third kappa shape index (κ3) is 2.13. The zero-order valence-corrected chi connectivity index (χ0v) is 11.6. The van der Waals surface area contributed by atoms with Crippen LogP contribution < -0.4 is 0 Å². The normalized spacial score (nSPS) is 17.4. The number of hydrogen-bond donors (Lipinski definition) is 0. The number of tetrazole rings is 1. The molecular formula is C14H10ClN5O. The smallest absolute Gasteiger partial charge is 0.270 e. The van der Waals surface area contributed by atoms with Gasteiger partial charge in [0.15, 0.2) is 0 Å². The summed E-state index contributed by atoms with van der Waals surface area (Å²) in [5.74, 6) is 1.29. The number of benzene rings is 1. The molecular weight excluding hydrogens is 290 g/mol. The molecule has 3 aromatic rings. The van der Waals surface area contributed by atoms with E-state index in [9.17, 15) is 0 Å². The molecule has 0 bridgehead atoms. The maximum atomic E-state index is 5.93. The highest BCUT2D eigenvalue weighted by Gasteiger charge is 2.28. The van der Waals surface area contributed by atoms with Gasteiger partial charge in [0.25, 0.3) is 5.95 Å². The van der Waals surface area contributed by atoms with Crippen molar-refractivity contribution in [3.8, 4) is 0 Å². The average Bonchev–Trinajstić information content (AvgIpc) is 3.18. The predicted octanol–water partition coefficient (Wildman–Crippen LogP) is 3.03. The zero-order chi connectivity index (χ0) is 14.2. The van der Waals surface area contributed by atoms with Gasteiger partial charge in [-0.25, -0.2) is 4.99 Å². The molecule has 2 aromatic heterocycles. The highest BCUT2D eigenvalue weighted by molar-refractivity contribution is 6.30. The molecule has 1 aromatic carbocycles. The fraction of sp³-hybridized carbons (Fsp3) is 0.143. The third-order valence-corrected chi connectivity index (χ3v) is 3.69. The van der Waals surface area contributed by atoms with Gasteiger partial charge in [0.1, 0.15) is 11.8 Å². The quantitative estimate of drug-likeness (QED) is 0.729. The van der Waals surface area contributed by atoms with E-state index in [1.54, 1.807) is 10.9 Å². The molecule has 1 aliphatic rings. The second-order valence-electron chi connectivity index (χ2n) is 4.72. The zero-order valence-electron chi connectivity index (χ0n) is 10.8. The van der Waals surface area contributed by atoms with Crippen LogP contribution in [0.2, 0.25) is 5.02 Å². The average molecular weight is 300 g/mol. The first-order valence-electron chi connectivity index (χ1n) is 6.46. The SMILES string of the molecule is Clc1ccc(C2=Nc3nnnn3C(c3ccco3)C2)cc1. The van der Waals surface area contributed by atoms with Crippen LogP contribution in [0.5, 0.6) is 0 Å². The van der Waals surface area contributed by atoms with E-state index < -0.39 is 0 Å². The minimum Gasteiger partial charge on any atom is -0.467 e. The molecule has 0 fully saturated rings. The van der Waals surface area contributed by atoms with E-state index in [1.807, 2.05) is 36.4 Å². The van der Waals surface area contributed by atoms with E-state index >= 15 is 0 Å². The van der Waals surface area contributed by atoms with Crippen molar-refractivity contribution in [1.29, 1.82) is 0 Å². The van der Waals surface area contributed by atoms with Gasteiger partial charge < -0.3 is 4.42 Å². The van der Waals surface area contributed by atoms with Crippen molar-refractivity contribution in [1.82, 2.24) is 20.2 Å². The lowest BCUT2D eigenvalue weighted by Crippen LogP contribution is -2.20. The van der Waals surface area contributed by atoms with Crippen molar-refractivity contribution in [3.63, 3.8) is 0 Å². The summed E-state index contributed by atoms with van der Waals surface area (Å²) in [5.41, 5.74) is 1.92. The van der Waals surface area contributed by atoms with Gasteiger partial charge in [-0.1, -0.05) is 28.8 Å². The molecule has 104 valence electrons. The van der Waals surface area contributed by atoms with Crippen LogP contribution in [0.15, 0.2) is 52.1 Å². The lowest BCUT2D eigenvalue weighted by Gasteiger charge is -2.20. The van der Waals surface area contributed by atoms with Crippen LogP contribution in [-0.4, -0.2) is 25.9 Å². The molecule has 1 aliphatic heterocycles. The van der Waals surface area contributed by atoms with Gasteiger partial charge in [-0.05, 0) is 40.3 Å². The summed E-state index contributed by atoms with van der Waals surface area (Å²) < 4.78 is 7.19. The molecule has 1 unspecified atom stereocenters. The van der Waals surface area contributed by atoms with E-state index in [1.165, 1.54) is 0 Å². The van der Waals surface area contributed by atoms with Crippen LogP contribution in [0, 0.1) is 0 Å². The molecule has 0 amide bonds. The van der Waals surface area contributed by atoms with Gasteiger partial charge in [-0.15, -0.1) is 0 Å². The van der Waals surface area contributed by atoms with Crippen LogP contribution in [0.3, 0.4) is 0 Å². The largest absolute Gasteiger partial charge is 0.467 e. The van der Waals surface area contributed by atoms with Crippen molar-refractivity contribution in [2.24, 2.45) is 4.99 Å². The fourth-order valence-corrected chi connectivity index (χ4v) is 2.55. The van der Waals surface area contributed by atoms with Crippen LogP contribution in [-0.2, 0) is 0 Å². The first kappa shape index (κ1) is 12.3. The van der Waals surface area contributed by atoms with Crippen LogP contribution in [0.4, 0.5) is 5.95 Å². The monoisotopic (exact) mass is 299 g/mol. The van der Waals surface area contributed by atoms with Gasteiger partial charge >= 0.3 is 0 Å². The molecule has 0 saturated carbocycles. The molecule has 1 atom stereocenters. The molecule has 0 saturated heterocycles. The van der Waals surface area contributed by atoms with Gasteiger partial charge in [0, 0.05) is 11.4 Å². The highest BCUT2D eigenvalue weighted by Crippen LogP contribution is 2.31. The van der Waals surface area contributed by atoms with Crippen molar-refractivity contribution >= 4 is 23.3 Å². The molecule has 6 nitrogen and oxygen atoms in total. The van der Waals surface area contributed by atoms with E-state index in [2.05, 4.69) is 20.5 Å². The van der Waals surface area contributed by atoms with Crippen LogP contribution in [0.25, 0.3) is 0 Å². The summed E-state index contributed by atoms with van der Waals surface area (Å²) in [5, 5.41) is 12.4. The Morgan fingerprint density at radius 3 is 2.81 bits per heavy atom. The van der Waals surface area contributed by atoms with Crippen molar-refractivity contribution in [2.75, 3.05) is 0 Å². The Hall–Kier alpha value is -2.47. The van der Waals surface area contributed by atoms with Gasteiger partial charge in [-0.3, -0.25) is 0 Å². The summed E-state index contributed by atoms with van der Waals surface area (Å²) in [6, 6.07) is 11.3. The topological polar surface area (TPSA) is 69.1 Å². The molecule has 0 radical (unpaired) electrons. The summed E-state index contributed by atoms with van der Waals surface area (Å²) in [7, 11) is 0. The highest BCUT2D eigenvalue weighted by atomic mass is 35.5. The molecule has 7 heteroatoms. The number of hydrogen-bond acceptors (Lipinski definition) is 5. The lowest BCUT2D eigenvalue weighted by atomic mass is 10.00. The minimum absolute atomic E-state index is 0.0896. The molecule has 0 aliphatic carbocycles. The van der Waals surface area contributed by atoms with Gasteiger partial charge in [-0.2, -0.15) is 4.68 Å². The number of furan rings is 1. The van der Waals surface area contributed by atoms with E-state index in [0.29, 0.717) is 17.4 Å². The molecule has 4 rings (SSSR count). The van der Waals surface area contributed by atoms with E-state index in [-0.39, 0.29) is 6.04 Å². The number of aromatic nitrogens is 4. The first-order valence-corrected chi connectivity index (χ1v) is 6.84. The molecule has 0 N–H and O–H groups in total. The van der Waals surface area contributed by atoms with Gasteiger partial charge in [0.05, 0.1) is 12.0 Å². The number of aliphatic imine (C=N–C) groups is 1. The summed E-state index contributed by atoms with van der Waals surface area (Å²) >= 11 is 5.93. The summed E-state index contributed by atoms with van der Waals surface area (Å²) in [6.45, 7) is 0. The molecule has 3 heterocycles.